The largest absolute Gasteiger partial charge is 0.496 e. The summed E-state index contributed by atoms with van der Waals surface area (Å²) in [5.41, 5.74) is 2.26. The average Bonchev–Trinajstić information content (AvgIpc) is 2.67. The number of benzene rings is 2. The summed E-state index contributed by atoms with van der Waals surface area (Å²) in [6.07, 6.45) is 0.865. The Kier molecular flexibility index (Phi) is 8.33. The van der Waals surface area contributed by atoms with Crippen molar-refractivity contribution >= 4 is 5.96 Å². The number of nitrogens with one attached hydrogen (secondary N) is 2. The molecule has 0 amide bonds. The minimum Gasteiger partial charge on any atom is -0.496 e. The number of para-hydroxylation sites is 2. The van der Waals surface area contributed by atoms with Crippen LogP contribution in [0, 0.1) is 0 Å². The van der Waals surface area contributed by atoms with E-state index >= 15 is 0 Å². The zero-order valence-electron chi connectivity index (χ0n) is 15.9. The first-order valence-corrected chi connectivity index (χ1v) is 9.13. The Bertz CT molecular complexity index is 701. The van der Waals surface area contributed by atoms with Crippen molar-refractivity contribution < 1.29 is 9.47 Å². The summed E-state index contributed by atoms with van der Waals surface area (Å²) in [5, 5.41) is 6.67. The molecule has 5 heteroatoms. The van der Waals surface area contributed by atoms with Gasteiger partial charge in [0.15, 0.2) is 5.96 Å². The summed E-state index contributed by atoms with van der Waals surface area (Å²) in [6, 6.07) is 16.1. The van der Waals surface area contributed by atoms with Crippen molar-refractivity contribution in [3.8, 4) is 11.5 Å². The van der Waals surface area contributed by atoms with Crippen LogP contribution in [0.3, 0.4) is 0 Å². The Morgan fingerprint density at radius 3 is 2.31 bits per heavy atom. The maximum absolute atomic E-state index is 5.67. The van der Waals surface area contributed by atoms with Gasteiger partial charge in [-0.3, -0.25) is 0 Å². The maximum Gasteiger partial charge on any atom is 0.191 e. The fourth-order valence-electron chi connectivity index (χ4n) is 2.66. The van der Waals surface area contributed by atoms with Crippen molar-refractivity contribution in [1.82, 2.24) is 10.6 Å². The fourth-order valence-corrected chi connectivity index (χ4v) is 2.66. The second-order valence-corrected chi connectivity index (χ2v) is 5.72. The van der Waals surface area contributed by atoms with E-state index in [2.05, 4.69) is 28.6 Å². The second-order valence-electron chi connectivity index (χ2n) is 5.72. The van der Waals surface area contributed by atoms with Crippen molar-refractivity contribution in [2.24, 2.45) is 4.99 Å². The molecule has 0 radical (unpaired) electrons. The molecular formula is C21H29N3O2. The lowest BCUT2D eigenvalue weighted by Gasteiger charge is -2.13. The van der Waals surface area contributed by atoms with Crippen molar-refractivity contribution in [3.63, 3.8) is 0 Å². The molecule has 2 aromatic carbocycles. The zero-order valence-corrected chi connectivity index (χ0v) is 15.9. The van der Waals surface area contributed by atoms with Gasteiger partial charge in [-0.05, 0) is 38.0 Å². The lowest BCUT2D eigenvalue weighted by atomic mass is 10.1. The Morgan fingerprint density at radius 2 is 1.62 bits per heavy atom. The molecule has 140 valence electrons. The van der Waals surface area contributed by atoms with Crippen LogP contribution in [-0.2, 0) is 13.0 Å². The third-order valence-electron chi connectivity index (χ3n) is 3.90. The van der Waals surface area contributed by atoms with E-state index in [0.29, 0.717) is 13.2 Å². The molecule has 0 saturated heterocycles. The maximum atomic E-state index is 5.67. The number of nitrogens with zero attached hydrogens (tertiary/aromatic N) is 1. The highest BCUT2D eigenvalue weighted by Gasteiger charge is 2.04. The summed E-state index contributed by atoms with van der Waals surface area (Å²) in [7, 11) is 1.70. The van der Waals surface area contributed by atoms with Gasteiger partial charge in [-0.15, -0.1) is 0 Å². The Balaban J connectivity index is 1.96. The van der Waals surface area contributed by atoms with Crippen LogP contribution in [0.2, 0.25) is 0 Å². The molecule has 5 nitrogen and oxygen atoms in total. The van der Waals surface area contributed by atoms with E-state index in [-0.39, 0.29) is 0 Å². The molecule has 0 aromatic heterocycles. The predicted molar refractivity (Wildman–Crippen MR) is 107 cm³/mol. The van der Waals surface area contributed by atoms with E-state index in [1.165, 1.54) is 5.56 Å². The smallest absolute Gasteiger partial charge is 0.191 e. The van der Waals surface area contributed by atoms with Crippen LogP contribution >= 0.6 is 0 Å². The second kappa shape index (κ2) is 11.0. The molecule has 0 spiro atoms. The standard InChI is InChI=1S/C21H29N3O2/c1-4-22-21(23-15-14-17-10-6-8-12-19(17)25-3)24-16-18-11-7-9-13-20(18)26-5-2/h6-13H,4-5,14-16H2,1-3H3,(H2,22,23,24). The van der Waals surface area contributed by atoms with E-state index in [4.69, 9.17) is 9.47 Å². The first-order valence-electron chi connectivity index (χ1n) is 9.13. The topological polar surface area (TPSA) is 54.9 Å². The van der Waals surface area contributed by atoms with Gasteiger partial charge in [-0.25, -0.2) is 4.99 Å². The predicted octanol–water partition coefficient (Wildman–Crippen LogP) is 3.39. The molecule has 0 heterocycles. The van der Waals surface area contributed by atoms with Crippen LogP contribution in [0.5, 0.6) is 11.5 Å². The molecule has 0 unspecified atom stereocenters. The van der Waals surface area contributed by atoms with Gasteiger partial charge in [0.25, 0.3) is 0 Å². The van der Waals surface area contributed by atoms with Gasteiger partial charge in [0, 0.05) is 18.7 Å². The van der Waals surface area contributed by atoms with Crippen molar-refractivity contribution in [2.75, 3.05) is 26.8 Å². The highest BCUT2D eigenvalue weighted by Crippen LogP contribution is 2.19. The zero-order chi connectivity index (χ0) is 18.6. The number of hydrogen-bond donors (Lipinski definition) is 2. The van der Waals surface area contributed by atoms with Gasteiger partial charge in [0.05, 0.1) is 20.3 Å². The lowest BCUT2D eigenvalue weighted by Crippen LogP contribution is -2.38. The van der Waals surface area contributed by atoms with Gasteiger partial charge < -0.3 is 20.1 Å². The molecule has 2 rings (SSSR count). The molecule has 0 fully saturated rings. The third kappa shape index (κ3) is 5.99. The number of guanidine groups is 1. The van der Waals surface area contributed by atoms with Crippen LogP contribution in [0.25, 0.3) is 0 Å². The number of ether oxygens (including phenoxy) is 2. The van der Waals surface area contributed by atoms with Gasteiger partial charge >= 0.3 is 0 Å². The SMILES string of the molecule is CCNC(=NCc1ccccc1OCC)NCCc1ccccc1OC. The van der Waals surface area contributed by atoms with E-state index in [1.54, 1.807) is 7.11 Å². The van der Waals surface area contributed by atoms with E-state index in [1.807, 2.05) is 49.4 Å². The van der Waals surface area contributed by atoms with Gasteiger partial charge in [0.2, 0.25) is 0 Å². The van der Waals surface area contributed by atoms with Crippen LogP contribution in [0.4, 0.5) is 0 Å². The van der Waals surface area contributed by atoms with Gasteiger partial charge in [-0.1, -0.05) is 36.4 Å². The Hall–Kier alpha value is -2.69. The van der Waals surface area contributed by atoms with Crippen LogP contribution in [-0.4, -0.2) is 32.8 Å². The monoisotopic (exact) mass is 355 g/mol. The molecular weight excluding hydrogens is 326 g/mol. The van der Waals surface area contributed by atoms with Crippen molar-refractivity contribution in [3.05, 3.63) is 59.7 Å². The summed E-state index contributed by atoms with van der Waals surface area (Å²) < 4.78 is 11.1. The highest BCUT2D eigenvalue weighted by atomic mass is 16.5. The number of methoxy groups -OCH3 is 1. The first kappa shape index (κ1) is 19.6. The van der Waals surface area contributed by atoms with E-state index < -0.39 is 0 Å². The molecule has 0 atom stereocenters. The van der Waals surface area contributed by atoms with E-state index in [0.717, 1.165) is 42.5 Å². The number of rotatable bonds is 9. The Morgan fingerprint density at radius 1 is 0.923 bits per heavy atom. The molecule has 0 aliphatic carbocycles. The average molecular weight is 355 g/mol. The minimum atomic E-state index is 0.570. The normalized spacial score (nSPS) is 11.1. The lowest BCUT2D eigenvalue weighted by molar-refractivity contribution is 0.336. The summed E-state index contributed by atoms with van der Waals surface area (Å²) in [5.74, 6) is 2.61. The number of aliphatic imine (C=N–C) groups is 1. The molecule has 26 heavy (non-hydrogen) atoms. The molecule has 2 N–H and O–H groups in total. The van der Waals surface area contributed by atoms with Crippen LogP contribution < -0.4 is 20.1 Å². The van der Waals surface area contributed by atoms with Gasteiger partial charge in [-0.2, -0.15) is 0 Å². The quantitative estimate of drug-likeness (QED) is 0.535. The summed E-state index contributed by atoms with van der Waals surface area (Å²) >= 11 is 0. The van der Waals surface area contributed by atoms with Crippen molar-refractivity contribution in [1.29, 1.82) is 0 Å². The van der Waals surface area contributed by atoms with E-state index in [9.17, 15) is 0 Å². The van der Waals surface area contributed by atoms with Crippen LogP contribution in [0.15, 0.2) is 53.5 Å². The highest BCUT2D eigenvalue weighted by molar-refractivity contribution is 5.79. The third-order valence-corrected chi connectivity index (χ3v) is 3.90. The molecule has 0 saturated carbocycles. The minimum absolute atomic E-state index is 0.570. The molecule has 2 aromatic rings. The molecule has 0 aliphatic heterocycles. The molecule has 0 bridgehead atoms. The first-order chi connectivity index (χ1) is 12.8. The fraction of sp³-hybridized carbons (Fsp3) is 0.381. The summed E-state index contributed by atoms with van der Waals surface area (Å²) in [6.45, 7) is 6.86. The van der Waals surface area contributed by atoms with Crippen LogP contribution in [0.1, 0.15) is 25.0 Å². The molecule has 0 aliphatic rings. The summed E-state index contributed by atoms with van der Waals surface area (Å²) in [4.78, 5) is 4.68. The van der Waals surface area contributed by atoms with Gasteiger partial charge in [0.1, 0.15) is 11.5 Å². The number of hydrogen-bond acceptors (Lipinski definition) is 3. The van der Waals surface area contributed by atoms with Crippen molar-refractivity contribution in [2.45, 2.75) is 26.8 Å². The Labute approximate surface area is 156 Å².